The van der Waals surface area contributed by atoms with Gasteiger partial charge in [-0.2, -0.15) is 0 Å². The summed E-state index contributed by atoms with van der Waals surface area (Å²) in [5.74, 6) is -1.16. The number of esters is 1. The van der Waals surface area contributed by atoms with Crippen LogP contribution in [-0.2, 0) is 26.1 Å². The number of hydrogen-bond donors (Lipinski definition) is 2. The molecule has 1 atom stereocenters. The van der Waals surface area contributed by atoms with Crippen LogP contribution in [0.2, 0.25) is 0 Å². The van der Waals surface area contributed by atoms with E-state index < -0.39 is 28.5 Å². The van der Waals surface area contributed by atoms with E-state index in [4.69, 9.17) is 4.74 Å². The van der Waals surface area contributed by atoms with Crippen LogP contribution in [0.25, 0.3) is 0 Å². The molecule has 8 heteroatoms. The molecule has 0 unspecified atom stereocenters. The molecule has 2 aromatic carbocycles. The predicted molar refractivity (Wildman–Crippen MR) is 110 cm³/mol. The molecule has 0 fully saturated rings. The normalized spacial score (nSPS) is 12.2. The van der Waals surface area contributed by atoms with Crippen LogP contribution in [0.5, 0.6) is 0 Å². The summed E-state index contributed by atoms with van der Waals surface area (Å²) in [5, 5.41) is 2.73. The van der Waals surface area contributed by atoms with Crippen LogP contribution >= 0.6 is 0 Å². The molecule has 0 bridgehead atoms. The molecule has 0 aromatic heterocycles. The summed E-state index contributed by atoms with van der Waals surface area (Å²) in [7, 11) is -3.81. The van der Waals surface area contributed by atoms with Crippen LogP contribution in [0.3, 0.4) is 0 Å². The average molecular weight is 419 g/mol. The van der Waals surface area contributed by atoms with Crippen molar-refractivity contribution in [3.05, 3.63) is 65.7 Å². The van der Waals surface area contributed by atoms with Crippen molar-refractivity contribution in [1.29, 1.82) is 0 Å². The van der Waals surface area contributed by atoms with Gasteiger partial charge in [-0.05, 0) is 37.1 Å². The van der Waals surface area contributed by atoms with Crippen LogP contribution in [-0.4, -0.2) is 32.9 Å². The summed E-state index contributed by atoms with van der Waals surface area (Å²) >= 11 is 0. The number of carbonyl (C=O) groups is 2. The first-order valence-electron chi connectivity index (χ1n) is 9.42. The molecular formula is C21H26N2O5S. The van der Waals surface area contributed by atoms with Crippen molar-refractivity contribution >= 4 is 21.9 Å². The number of nitrogens with one attached hydrogen (secondary N) is 2. The zero-order valence-electron chi connectivity index (χ0n) is 16.6. The number of carbonyl (C=O) groups excluding carboxylic acids is 2. The topological polar surface area (TPSA) is 102 Å². The van der Waals surface area contributed by atoms with Gasteiger partial charge in [0.1, 0.15) is 0 Å². The van der Waals surface area contributed by atoms with Gasteiger partial charge in [-0.3, -0.25) is 4.79 Å². The van der Waals surface area contributed by atoms with E-state index in [1.165, 1.54) is 24.3 Å². The Hall–Kier alpha value is -2.71. The molecule has 0 aliphatic heterocycles. The van der Waals surface area contributed by atoms with E-state index in [1.807, 2.05) is 44.2 Å². The lowest BCUT2D eigenvalue weighted by Crippen LogP contribution is -2.35. The number of ether oxygens (including phenoxy) is 1. The zero-order valence-corrected chi connectivity index (χ0v) is 17.4. The molecule has 0 aliphatic carbocycles. The molecule has 29 heavy (non-hydrogen) atoms. The molecule has 7 nitrogen and oxygen atoms in total. The monoisotopic (exact) mass is 418 g/mol. The van der Waals surface area contributed by atoms with Gasteiger partial charge in [0.25, 0.3) is 5.91 Å². The summed E-state index contributed by atoms with van der Waals surface area (Å²) in [6, 6.07) is 14.6. The minimum absolute atomic E-state index is 0.00429. The smallest absolute Gasteiger partial charge is 0.338 e. The summed E-state index contributed by atoms with van der Waals surface area (Å²) in [6.07, 6.45) is 1.76. The fourth-order valence-electron chi connectivity index (χ4n) is 2.68. The maximum Gasteiger partial charge on any atom is 0.338 e. The molecule has 2 aromatic rings. The predicted octanol–water partition coefficient (Wildman–Crippen LogP) is 2.63. The van der Waals surface area contributed by atoms with Gasteiger partial charge < -0.3 is 10.1 Å². The molecule has 0 spiro atoms. The van der Waals surface area contributed by atoms with Gasteiger partial charge in [0.05, 0.1) is 10.5 Å². The van der Waals surface area contributed by atoms with Gasteiger partial charge in [0.15, 0.2) is 6.61 Å². The number of benzene rings is 2. The number of hydrogen-bond acceptors (Lipinski definition) is 5. The summed E-state index contributed by atoms with van der Waals surface area (Å²) < 4.78 is 32.5. The lowest BCUT2D eigenvalue weighted by molar-refractivity contribution is -0.124. The minimum atomic E-state index is -3.81. The van der Waals surface area contributed by atoms with E-state index in [0.717, 1.165) is 18.4 Å². The standard InChI is InChI=1S/C21H26N2O5S/c1-3-8-16(2)23-20(24)15-28-21(25)18-11-7-12-19(13-18)29(26,27)22-14-17-9-5-4-6-10-17/h4-7,9-13,16,22H,3,8,14-15H2,1-2H3,(H,23,24)/t16-/m0/s1. The van der Waals surface area contributed by atoms with Crippen LogP contribution in [0.4, 0.5) is 0 Å². The molecule has 0 aliphatic rings. The van der Waals surface area contributed by atoms with Crippen molar-refractivity contribution in [2.24, 2.45) is 0 Å². The zero-order chi connectivity index (χ0) is 21.3. The van der Waals surface area contributed by atoms with Crippen molar-refractivity contribution in [1.82, 2.24) is 10.0 Å². The average Bonchev–Trinajstić information content (AvgIpc) is 2.71. The second-order valence-corrected chi connectivity index (χ2v) is 8.44. The molecule has 0 radical (unpaired) electrons. The van der Waals surface area contributed by atoms with Crippen molar-refractivity contribution in [3.8, 4) is 0 Å². The van der Waals surface area contributed by atoms with Crippen molar-refractivity contribution in [3.63, 3.8) is 0 Å². The molecule has 1 amide bonds. The molecule has 2 N–H and O–H groups in total. The third kappa shape index (κ3) is 7.32. The van der Waals surface area contributed by atoms with E-state index in [9.17, 15) is 18.0 Å². The van der Waals surface area contributed by atoms with E-state index in [-0.39, 0.29) is 23.0 Å². The Labute approximate surface area is 171 Å². The second-order valence-electron chi connectivity index (χ2n) is 6.67. The number of amides is 1. The number of rotatable bonds is 10. The van der Waals surface area contributed by atoms with Crippen LogP contribution in [0, 0.1) is 0 Å². The van der Waals surface area contributed by atoms with Gasteiger partial charge in [-0.15, -0.1) is 0 Å². The van der Waals surface area contributed by atoms with E-state index in [1.54, 1.807) is 0 Å². The molecule has 2 rings (SSSR count). The lowest BCUT2D eigenvalue weighted by atomic mass is 10.2. The SMILES string of the molecule is CCC[C@H](C)NC(=O)COC(=O)c1cccc(S(=O)(=O)NCc2ccccc2)c1. The van der Waals surface area contributed by atoms with Crippen molar-refractivity contribution in [2.45, 2.75) is 44.2 Å². The molecule has 0 saturated carbocycles. The highest BCUT2D eigenvalue weighted by Gasteiger charge is 2.17. The highest BCUT2D eigenvalue weighted by Crippen LogP contribution is 2.13. The Morgan fingerprint density at radius 1 is 1.07 bits per heavy atom. The minimum Gasteiger partial charge on any atom is -0.452 e. The number of sulfonamides is 1. The second kappa shape index (κ2) is 10.7. The van der Waals surface area contributed by atoms with Gasteiger partial charge in [-0.1, -0.05) is 49.7 Å². The Kier molecular flexibility index (Phi) is 8.35. The van der Waals surface area contributed by atoms with Crippen LogP contribution < -0.4 is 10.0 Å². The molecule has 0 heterocycles. The van der Waals surface area contributed by atoms with Gasteiger partial charge in [-0.25, -0.2) is 17.9 Å². The molecule has 156 valence electrons. The van der Waals surface area contributed by atoms with E-state index in [0.29, 0.717) is 0 Å². The van der Waals surface area contributed by atoms with Gasteiger partial charge in [0, 0.05) is 12.6 Å². The van der Waals surface area contributed by atoms with Crippen LogP contribution in [0.15, 0.2) is 59.5 Å². The first-order chi connectivity index (χ1) is 13.8. The highest BCUT2D eigenvalue weighted by molar-refractivity contribution is 7.89. The summed E-state index contributed by atoms with van der Waals surface area (Å²) in [6.45, 7) is 3.60. The van der Waals surface area contributed by atoms with Crippen LogP contribution in [0.1, 0.15) is 42.6 Å². The van der Waals surface area contributed by atoms with E-state index in [2.05, 4.69) is 10.0 Å². The Bertz CT molecular complexity index is 929. The Morgan fingerprint density at radius 2 is 1.79 bits per heavy atom. The van der Waals surface area contributed by atoms with Crippen molar-refractivity contribution in [2.75, 3.05) is 6.61 Å². The molecular weight excluding hydrogens is 392 g/mol. The maximum atomic E-state index is 12.5. The fourth-order valence-corrected chi connectivity index (χ4v) is 3.75. The first kappa shape index (κ1) is 22.6. The third-order valence-corrected chi connectivity index (χ3v) is 5.55. The highest BCUT2D eigenvalue weighted by atomic mass is 32.2. The third-order valence-electron chi connectivity index (χ3n) is 4.15. The largest absolute Gasteiger partial charge is 0.452 e. The first-order valence-corrected chi connectivity index (χ1v) is 10.9. The maximum absolute atomic E-state index is 12.5. The summed E-state index contributed by atoms with van der Waals surface area (Å²) in [4.78, 5) is 24.0. The van der Waals surface area contributed by atoms with Crippen molar-refractivity contribution < 1.29 is 22.7 Å². The van der Waals surface area contributed by atoms with Gasteiger partial charge >= 0.3 is 5.97 Å². The Balaban J connectivity index is 1.97. The van der Waals surface area contributed by atoms with E-state index >= 15 is 0 Å². The summed E-state index contributed by atoms with van der Waals surface area (Å²) in [5.41, 5.74) is 0.872. The lowest BCUT2D eigenvalue weighted by Gasteiger charge is -2.13. The quantitative estimate of drug-likeness (QED) is 0.578. The fraction of sp³-hybridized carbons (Fsp3) is 0.333. The Morgan fingerprint density at radius 3 is 2.48 bits per heavy atom. The molecule has 0 saturated heterocycles. The van der Waals surface area contributed by atoms with Gasteiger partial charge in [0.2, 0.25) is 10.0 Å².